The van der Waals surface area contributed by atoms with Gasteiger partial charge in [0.25, 0.3) is 5.91 Å². The zero-order chi connectivity index (χ0) is 18.8. The summed E-state index contributed by atoms with van der Waals surface area (Å²) < 4.78 is 0. The Balaban J connectivity index is 1.46. The fraction of sp³-hybridized carbons (Fsp3) is 0.619. The van der Waals surface area contributed by atoms with Gasteiger partial charge >= 0.3 is 6.03 Å². The van der Waals surface area contributed by atoms with Crippen LogP contribution >= 0.6 is 0 Å². The third-order valence-corrected chi connectivity index (χ3v) is 6.26. The molecule has 1 aliphatic carbocycles. The van der Waals surface area contributed by atoms with Crippen LogP contribution in [0.2, 0.25) is 0 Å². The highest BCUT2D eigenvalue weighted by Gasteiger charge is 2.28. The van der Waals surface area contributed by atoms with E-state index < -0.39 is 0 Å². The SMILES string of the molecule is Cc1ccc(C(=O)N2CCCN(C3CCCC3)CC2)cc1N1CCNC1=O. The van der Waals surface area contributed by atoms with Crippen LogP contribution in [0.1, 0.15) is 48.0 Å². The number of hydrogen-bond donors (Lipinski definition) is 1. The fourth-order valence-electron chi connectivity index (χ4n) is 4.69. The Morgan fingerprint density at radius 3 is 2.59 bits per heavy atom. The van der Waals surface area contributed by atoms with E-state index in [0.717, 1.165) is 49.9 Å². The van der Waals surface area contributed by atoms with Crippen LogP contribution in [0.4, 0.5) is 10.5 Å². The van der Waals surface area contributed by atoms with Crippen LogP contribution in [-0.2, 0) is 0 Å². The molecular formula is C21H30N4O2. The number of benzene rings is 1. The number of urea groups is 1. The maximum absolute atomic E-state index is 13.1. The van der Waals surface area contributed by atoms with Crippen LogP contribution < -0.4 is 10.2 Å². The summed E-state index contributed by atoms with van der Waals surface area (Å²) in [7, 11) is 0. The number of carbonyl (C=O) groups is 2. The molecule has 0 bridgehead atoms. The summed E-state index contributed by atoms with van der Waals surface area (Å²) in [5.74, 6) is 0.0872. The van der Waals surface area contributed by atoms with Crippen LogP contribution in [0.15, 0.2) is 18.2 Å². The number of rotatable bonds is 3. The molecule has 0 radical (unpaired) electrons. The van der Waals surface area contributed by atoms with Crippen molar-refractivity contribution in [3.63, 3.8) is 0 Å². The first kappa shape index (κ1) is 18.3. The quantitative estimate of drug-likeness (QED) is 0.890. The lowest BCUT2D eigenvalue weighted by Gasteiger charge is -2.27. The summed E-state index contributed by atoms with van der Waals surface area (Å²) in [5, 5.41) is 2.83. The molecule has 1 N–H and O–H groups in total. The molecule has 4 rings (SSSR count). The fourth-order valence-corrected chi connectivity index (χ4v) is 4.69. The summed E-state index contributed by atoms with van der Waals surface area (Å²) in [6.07, 6.45) is 6.36. The van der Waals surface area contributed by atoms with Gasteiger partial charge in [-0.1, -0.05) is 18.9 Å². The number of anilines is 1. The minimum atomic E-state index is -0.0790. The van der Waals surface area contributed by atoms with Crippen LogP contribution in [0.5, 0.6) is 0 Å². The van der Waals surface area contributed by atoms with Gasteiger partial charge in [0.2, 0.25) is 0 Å². The summed E-state index contributed by atoms with van der Waals surface area (Å²) in [5.41, 5.74) is 2.55. The van der Waals surface area contributed by atoms with Gasteiger partial charge in [0.15, 0.2) is 0 Å². The van der Waals surface area contributed by atoms with Crippen LogP contribution in [0.3, 0.4) is 0 Å². The number of nitrogens with zero attached hydrogens (tertiary/aromatic N) is 3. The molecule has 1 aromatic carbocycles. The predicted octanol–water partition coefficient (Wildman–Crippen LogP) is 2.62. The predicted molar refractivity (Wildman–Crippen MR) is 106 cm³/mol. The number of nitrogens with one attached hydrogen (secondary N) is 1. The normalized spacial score (nSPS) is 22.2. The molecule has 6 heteroatoms. The molecule has 0 unspecified atom stereocenters. The molecule has 3 aliphatic rings. The summed E-state index contributed by atoms with van der Waals surface area (Å²) in [6, 6.07) is 6.39. The first-order valence-electron chi connectivity index (χ1n) is 10.3. The zero-order valence-electron chi connectivity index (χ0n) is 16.2. The van der Waals surface area contributed by atoms with Gasteiger partial charge in [-0.25, -0.2) is 4.79 Å². The van der Waals surface area contributed by atoms with Gasteiger partial charge in [-0.2, -0.15) is 0 Å². The Bertz CT molecular complexity index is 714. The second kappa shape index (κ2) is 7.89. The average Bonchev–Trinajstić information content (AvgIpc) is 3.29. The largest absolute Gasteiger partial charge is 0.337 e. The molecule has 3 fully saturated rings. The van der Waals surface area contributed by atoms with E-state index in [1.807, 2.05) is 30.0 Å². The highest BCUT2D eigenvalue weighted by Crippen LogP contribution is 2.26. The van der Waals surface area contributed by atoms with Crippen molar-refractivity contribution in [3.05, 3.63) is 29.3 Å². The number of carbonyl (C=O) groups excluding carboxylic acids is 2. The molecular weight excluding hydrogens is 340 g/mol. The molecule has 2 saturated heterocycles. The van der Waals surface area contributed by atoms with Crippen LogP contribution in [0.25, 0.3) is 0 Å². The second-order valence-corrected chi connectivity index (χ2v) is 8.00. The molecule has 27 heavy (non-hydrogen) atoms. The van der Waals surface area contributed by atoms with Crippen molar-refractivity contribution < 1.29 is 9.59 Å². The Hall–Kier alpha value is -2.08. The smallest absolute Gasteiger partial charge is 0.322 e. The number of aryl methyl sites for hydroxylation is 1. The minimum Gasteiger partial charge on any atom is -0.337 e. The van der Waals surface area contributed by atoms with Gasteiger partial charge in [-0.05, 0) is 43.9 Å². The summed E-state index contributed by atoms with van der Waals surface area (Å²) in [4.78, 5) is 31.5. The standard InChI is InChI=1S/C21H30N4O2/c1-16-7-8-17(15-19(16)25-12-9-22-21(25)27)20(26)24-11-4-10-23(13-14-24)18-5-2-3-6-18/h7-8,15,18H,2-6,9-14H2,1H3,(H,22,27). The highest BCUT2D eigenvalue weighted by molar-refractivity contribution is 5.99. The molecule has 0 aromatic heterocycles. The molecule has 0 spiro atoms. The molecule has 1 saturated carbocycles. The van der Waals surface area contributed by atoms with Crippen LogP contribution in [0, 0.1) is 6.92 Å². The van der Waals surface area contributed by atoms with E-state index in [2.05, 4.69) is 10.2 Å². The number of amides is 3. The Labute approximate surface area is 161 Å². The lowest BCUT2D eigenvalue weighted by Crippen LogP contribution is -2.38. The van der Waals surface area contributed by atoms with Crippen molar-refractivity contribution in [3.8, 4) is 0 Å². The first-order valence-corrected chi connectivity index (χ1v) is 10.3. The van der Waals surface area contributed by atoms with Crippen molar-refractivity contribution in [1.82, 2.24) is 15.1 Å². The van der Waals surface area contributed by atoms with E-state index in [4.69, 9.17) is 0 Å². The minimum absolute atomic E-state index is 0.0790. The average molecular weight is 370 g/mol. The zero-order valence-corrected chi connectivity index (χ0v) is 16.2. The van der Waals surface area contributed by atoms with Crippen molar-refractivity contribution in [2.24, 2.45) is 0 Å². The van der Waals surface area contributed by atoms with E-state index >= 15 is 0 Å². The maximum atomic E-state index is 13.1. The molecule has 2 heterocycles. The van der Waals surface area contributed by atoms with Crippen molar-refractivity contribution in [2.45, 2.75) is 45.1 Å². The monoisotopic (exact) mass is 370 g/mol. The third-order valence-electron chi connectivity index (χ3n) is 6.26. The second-order valence-electron chi connectivity index (χ2n) is 8.00. The van der Waals surface area contributed by atoms with Crippen LogP contribution in [-0.4, -0.2) is 67.0 Å². The Morgan fingerprint density at radius 1 is 1.04 bits per heavy atom. The molecule has 6 nitrogen and oxygen atoms in total. The highest BCUT2D eigenvalue weighted by atomic mass is 16.2. The topological polar surface area (TPSA) is 55.9 Å². The van der Waals surface area contributed by atoms with Gasteiger partial charge in [0, 0.05) is 56.6 Å². The molecule has 1 aromatic rings. The van der Waals surface area contributed by atoms with Gasteiger partial charge in [0.1, 0.15) is 0 Å². The molecule has 0 atom stereocenters. The van der Waals surface area contributed by atoms with E-state index in [1.165, 1.54) is 25.7 Å². The van der Waals surface area contributed by atoms with E-state index in [9.17, 15) is 9.59 Å². The van der Waals surface area contributed by atoms with Gasteiger partial charge < -0.3 is 10.2 Å². The summed E-state index contributed by atoms with van der Waals surface area (Å²) >= 11 is 0. The van der Waals surface area contributed by atoms with E-state index in [0.29, 0.717) is 18.7 Å². The third kappa shape index (κ3) is 3.81. The molecule has 146 valence electrons. The maximum Gasteiger partial charge on any atom is 0.322 e. The lowest BCUT2D eigenvalue weighted by atomic mass is 10.1. The van der Waals surface area contributed by atoms with Crippen molar-refractivity contribution in [1.29, 1.82) is 0 Å². The van der Waals surface area contributed by atoms with Crippen molar-refractivity contribution >= 4 is 17.6 Å². The van der Waals surface area contributed by atoms with Gasteiger partial charge in [0.05, 0.1) is 0 Å². The number of hydrogen-bond acceptors (Lipinski definition) is 3. The summed E-state index contributed by atoms with van der Waals surface area (Å²) in [6.45, 7) is 6.97. The Morgan fingerprint density at radius 2 is 1.85 bits per heavy atom. The molecule has 2 aliphatic heterocycles. The van der Waals surface area contributed by atoms with E-state index in [-0.39, 0.29) is 11.9 Å². The van der Waals surface area contributed by atoms with Crippen molar-refractivity contribution in [2.75, 3.05) is 44.2 Å². The first-order chi connectivity index (χ1) is 13.1. The van der Waals surface area contributed by atoms with Gasteiger partial charge in [-0.3, -0.25) is 14.6 Å². The Kier molecular flexibility index (Phi) is 5.34. The lowest BCUT2D eigenvalue weighted by molar-refractivity contribution is 0.0758. The molecule has 3 amide bonds. The van der Waals surface area contributed by atoms with E-state index in [1.54, 1.807) is 4.90 Å². The van der Waals surface area contributed by atoms with Gasteiger partial charge in [-0.15, -0.1) is 0 Å².